The summed E-state index contributed by atoms with van der Waals surface area (Å²) in [6.07, 6.45) is 2.77. The summed E-state index contributed by atoms with van der Waals surface area (Å²) in [5, 5.41) is 5.84. The molecule has 0 bridgehead atoms. The van der Waals surface area contributed by atoms with Crippen LogP contribution < -0.4 is 20.3 Å². The molecule has 3 rings (SSSR count). The molecule has 6 nitrogen and oxygen atoms in total. The molecule has 0 aliphatic carbocycles. The molecule has 2 heterocycles. The Morgan fingerprint density at radius 2 is 2.12 bits per heavy atom. The maximum absolute atomic E-state index is 12.0. The topological polar surface area (TPSA) is 66.5 Å². The highest BCUT2D eigenvalue weighted by atomic mass is 16.5. The molecule has 1 aromatic carbocycles. The van der Waals surface area contributed by atoms with E-state index in [9.17, 15) is 4.79 Å². The van der Waals surface area contributed by atoms with Gasteiger partial charge in [-0.1, -0.05) is 18.2 Å². The SMILES string of the molecule is COc1cc(CNC(=O)NC[C@H]2CCN(c3ccccc3)C2)ccn1. The van der Waals surface area contributed by atoms with Gasteiger partial charge in [-0.15, -0.1) is 0 Å². The molecule has 1 saturated heterocycles. The quantitative estimate of drug-likeness (QED) is 0.847. The number of benzene rings is 1. The molecule has 1 atom stereocenters. The number of hydrogen-bond donors (Lipinski definition) is 2. The van der Waals surface area contributed by atoms with Gasteiger partial charge in [0.2, 0.25) is 5.88 Å². The van der Waals surface area contributed by atoms with Crippen LogP contribution in [0.3, 0.4) is 0 Å². The summed E-state index contributed by atoms with van der Waals surface area (Å²) >= 11 is 0. The van der Waals surface area contributed by atoms with E-state index in [2.05, 4.69) is 44.8 Å². The first kappa shape index (κ1) is 17.1. The van der Waals surface area contributed by atoms with Crippen molar-refractivity contribution in [3.8, 4) is 5.88 Å². The Labute approximate surface area is 148 Å². The van der Waals surface area contributed by atoms with E-state index in [1.54, 1.807) is 13.3 Å². The Bertz CT molecular complexity index is 693. The normalized spacial score (nSPS) is 16.5. The summed E-state index contributed by atoms with van der Waals surface area (Å²) in [5.41, 5.74) is 2.21. The first-order valence-corrected chi connectivity index (χ1v) is 8.55. The van der Waals surface area contributed by atoms with Crippen LogP contribution in [0, 0.1) is 5.92 Å². The number of anilines is 1. The van der Waals surface area contributed by atoms with E-state index in [4.69, 9.17) is 4.74 Å². The third-order valence-electron chi connectivity index (χ3n) is 4.42. The number of pyridine rings is 1. The lowest BCUT2D eigenvalue weighted by molar-refractivity contribution is 0.239. The molecular formula is C19H24N4O2. The molecule has 2 N–H and O–H groups in total. The number of rotatable bonds is 6. The Morgan fingerprint density at radius 3 is 2.92 bits per heavy atom. The zero-order valence-corrected chi connectivity index (χ0v) is 14.4. The number of carbonyl (C=O) groups excluding carboxylic acids is 1. The number of amides is 2. The second-order valence-electron chi connectivity index (χ2n) is 6.21. The fraction of sp³-hybridized carbons (Fsp3) is 0.368. The van der Waals surface area contributed by atoms with Crippen LogP contribution in [0.2, 0.25) is 0 Å². The highest BCUT2D eigenvalue weighted by Crippen LogP contribution is 2.22. The van der Waals surface area contributed by atoms with Gasteiger partial charge >= 0.3 is 6.03 Å². The van der Waals surface area contributed by atoms with Crippen LogP contribution in [0.25, 0.3) is 0 Å². The van der Waals surface area contributed by atoms with Gasteiger partial charge in [0.1, 0.15) is 0 Å². The van der Waals surface area contributed by atoms with Crippen LogP contribution >= 0.6 is 0 Å². The second-order valence-corrected chi connectivity index (χ2v) is 6.21. The average molecular weight is 340 g/mol. The molecule has 1 aliphatic rings. The number of hydrogen-bond acceptors (Lipinski definition) is 4. The number of nitrogens with one attached hydrogen (secondary N) is 2. The zero-order valence-electron chi connectivity index (χ0n) is 14.4. The van der Waals surface area contributed by atoms with Crippen LogP contribution in [-0.2, 0) is 6.54 Å². The van der Waals surface area contributed by atoms with Crippen molar-refractivity contribution in [2.45, 2.75) is 13.0 Å². The predicted octanol–water partition coefficient (Wildman–Crippen LogP) is 2.42. The maximum Gasteiger partial charge on any atom is 0.315 e. The van der Waals surface area contributed by atoms with Gasteiger partial charge in [0.25, 0.3) is 0 Å². The van der Waals surface area contributed by atoms with Crippen molar-refractivity contribution in [3.63, 3.8) is 0 Å². The number of para-hydroxylation sites is 1. The van der Waals surface area contributed by atoms with Crippen LogP contribution in [-0.4, -0.2) is 37.8 Å². The van der Waals surface area contributed by atoms with Crippen LogP contribution in [0.4, 0.5) is 10.5 Å². The van der Waals surface area contributed by atoms with Gasteiger partial charge in [0, 0.05) is 44.1 Å². The molecule has 2 amide bonds. The summed E-state index contributed by atoms with van der Waals surface area (Å²) in [4.78, 5) is 18.4. The fourth-order valence-electron chi connectivity index (χ4n) is 3.03. The first-order chi connectivity index (χ1) is 12.2. The van der Waals surface area contributed by atoms with Crippen molar-refractivity contribution < 1.29 is 9.53 Å². The molecule has 25 heavy (non-hydrogen) atoms. The smallest absolute Gasteiger partial charge is 0.315 e. The molecule has 1 fully saturated rings. The maximum atomic E-state index is 12.0. The Morgan fingerprint density at radius 1 is 1.28 bits per heavy atom. The van der Waals surface area contributed by atoms with Crippen LogP contribution in [0.1, 0.15) is 12.0 Å². The lowest BCUT2D eigenvalue weighted by atomic mass is 10.1. The van der Waals surface area contributed by atoms with Gasteiger partial charge in [-0.3, -0.25) is 0 Å². The monoisotopic (exact) mass is 340 g/mol. The largest absolute Gasteiger partial charge is 0.481 e. The third-order valence-corrected chi connectivity index (χ3v) is 4.42. The van der Waals surface area contributed by atoms with Crippen molar-refractivity contribution in [2.75, 3.05) is 31.6 Å². The molecule has 1 aromatic heterocycles. The van der Waals surface area contributed by atoms with Crippen molar-refractivity contribution in [1.82, 2.24) is 15.6 Å². The number of ether oxygens (including phenoxy) is 1. The van der Waals surface area contributed by atoms with E-state index in [-0.39, 0.29) is 6.03 Å². The number of carbonyl (C=O) groups is 1. The number of aromatic nitrogens is 1. The average Bonchev–Trinajstić information content (AvgIpc) is 3.15. The molecule has 0 radical (unpaired) electrons. The predicted molar refractivity (Wildman–Crippen MR) is 97.8 cm³/mol. The zero-order chi connectivity index (χ0) is 17.5. The van der Waals surface area contributed by atoms with E-state index < -0.39 is 0 Å². The van der Waals surface area contributed by atoms with Gasteiger partial charge in [0.05, 0.1) is 7.11 Å². The van der Waals surface area contributed by atoms with E-state index in [1.807, 2.05) is 18.2 Å². The number of methoxy groups -OCH3 is 1. The first-order valence-electron chi connectivity index (χ1n) is 8.55. The van der Waals surface area contributed by atoms with Gasteiger partial charge in [-0.2, -0.15) is 0 Å². The molecule has 6 heteroatoms. The lowest BCUT2D eigenvalue weighted by Gasteiger charge is -2.18. The standard InChI is InChI=1S/C19H24N4O2/c1-25-18-11-15(7-9-20-18)12-21-19(24)22-13-16-8-10-23(14-16)17-5-3-2-4-6-17/h2-7,9,11,16H,8,10,12-14H2,1H3,(H2,21,22,24)/t16-/m1/s1. The van der Waals surface area contributed by atoms with Crippen molar-refractivity contribution in [1.29, 1.82) is 0 Å². The molecular weight excluding hydrogens is 316 g/mol. The van der Waals surface area contributed by atoms with Crippen LogP contribution in [0.15, 0.2) is 48.7 Å². The van der Waals surface area contributed by atoms with E-state index in [0.717, 1.165) is 25.1 Å². The lowest BCUT2D eigenvalue weighted by Crippen LogP contribution is -2.38. The summed E-state index contributed by atoms with van der Waals surface area (Å²) in [5.74, 6) is 1.03. The van der Waals surface area contributed by atoms with Gasteiger partial charge in [0.15, 0.2) is 0 Å². The Hall–Kier alpha value is -2.76. The second kappa shape index (κ2) is 8.37. The van der Waals surface area contributed by atoms with Crippen LogP contribution in [0.5, 0.6) is 5.88 Å². The Kier molecular flexibility index (Phi) is 5.72. The summed E-state index contributed by atoms with van der Waals surface area (Å²) in [7, 11) is 1.58. The summed E-state index contributed by atoms with van der Waals surface area (Å²) in [6, 6.07) is 13.9. The molecule has 132 valence electrons. The minimum Gasteiger partial charge on any atom is -0.481 e. The summed E-state index contributed by atoms with van der Waals surface area (Å²) in [6.45, 7) is 3.15. The van der Waals surface area contributed by atoms with E-state index >= 15 is 0 Å². The Balaban J connectivity index is 1.39. The highest BCUT2D eigenvalue weighted by molar-refractivity contribution is 5.73. The molecule has 0 saturated carbocycles. The van der Waals surface area contributed by atoms with Crippen molar-refractivity contribution in [3.05, 3.63) is 54.2 Å². The van der Waals surface area contributed by atoms with Crippen molar-refractivity contribution in [2.24, 2.45) is 5.92 Å². The van der Waals surface area contributed by atoms with Gasteiger partial charge in [-0.05, 0) is 36.1 Å². The van der Waals surface area contributed by atoms with Gasteiger partial charge in [-0.25, -0.2) is 9.78 Å². The fourth-order valence-corrected chi connectivity index (χ4v) is 3.03. The van der Waals surface area contributed by atoms with E-state index in [1.165, 1.54) is 5.69 Å². The number of urea groups is 1. The summed E-state index contributed by atoms with van der Waals surface area (Å²) < 4.78 is 5.08. The number of nitrogens with zero attached hydrogens (tertiary/aromatic N) is 2. The minimum absolute atomic E-state index is 0.144. The highest BCUT2D eigenvalue weighted by Gasteiger charge is 2.22. The molecule has 0 spiro atoms. The molecule has 0 unspecified atom stereocenters. The van der Waals surface area contributed by atoms with Crippen molar-refractivity contribution >= 4 is 11.7 Å². The third kappa shape index (κ3) is 4.86. The molecule has 2 aromatic rings. The van der Waals surface area contributed by atoms with E-state index in [0.29, 0.717) is 24.9 Å². The minimum atomic E-state index is -0.144. The molecule has 1 aliphatic heterocycles. The van der Waals surface area contributed by atoms with Gasteiger partial charge < -0.3 is 20.3 Å².